The molecule has 1 heterocycles. The predicted molar refractivity (Wildman–Crippen MR) is 77.8 cm³/mol. The molecule has 0 spiro atoms. The largest absolute Gasteiger partial charge is 0.243 e. The van der Waals surface area contributed by atoms with Crippen LogP contribution >= 0.6 is 11.6 Å². The number of aromatic nitrogens is 1. The van der Waals surface area contributed by atoms with Gasteiger partial charge in [0, 0.05) is 12.2 Å². The third kappa shape index (κ3) is 5.47. The lowest BCUT2D eigenvalue weighted by Gasteiger charge is -2.14. The molecule has 1 unspecified atom stereocenters. The van der Waals surface area contributed by atoms with Gasteiger partial charge in [-0.1, -0.05) is 44.2 Å². The van der Waals surface area contributed by atoms with Crippen LogP contribution in [0.15, 0.2) is 23.2 Å². The van der Waals surface area contributed by atoms with Crippen molar-refractivity contribution < 1.29 is 8.42 Å². The van der Waals surface area contributed by atoms with Crippen molar-refractivity contribution in [2.75, 3.05) is 0 Å². The summed E-state index contributed by atoms with van der Waals surface area (Å²) in [6.07, 6.45) is 6.82. The predicted octanol–water partition coefficient (Wildman–Crippen LogP) is 3.37. The summed E-state index contributed by atoms with van der Waals surface area (Å²) < 4.78 is 26.9. The Labute approximate surface area is 120 Å². The Balaban J connectivity index is 2.58. The SMILES string of the molecule is CCCCCCC(C)NS(=O)(=O)c1cccnc1Cl. The highest BCUT2D eigenvalue weighted by atomic mass is 35.5. The van der Waals surface area contributed by atoms with Crippen LogP contribution in [0, 0.1) is 0 Å². The molecule has 19 heavy (non-hydrogen) atoms. The fraction of sp³-hybridized carbons (Fsp3) is 0.615. The summed E-state index contributed by atoms with van der Waals surface area (Å²) in [6.45, 7) is 4.02. The lowest BCUT2D eigenvalue weighted by atomic mass is 10.1. The second-order valence-electron chi connectivity index (χ2n) is 4.66. The van der Waals surface area contributed by atoms with Gasteiger partial charge in [0.1, 0.15) is 10.0 Å². The van der Waals surface area contributed by atoms with Gasteiger partial charge < -0.3 is 0 Å². The molecule has 0 aliphatic carbocycles. The van der Waals surface area contributed by atoms with Gasteiger partial charge in [-0.25, -0.2) is 18.1 Å². The fourth-order valence-corrected chi connectivity index (χ4v) is 3.57. The van der Waals surface area contributed by atoms with Crippen molar-refractivity contribution in [1.82, 2.24) is 9.71 Å². The van der Waals surface area contributed by atoms with Crippen molar-refractivity contribution in [3.63, 3.8) is 0 Å². The number of hydrogen-bond donors (Lipinski definition) is 1. The number of sulfonamides is 1. The second kappa shape index (κ2) is 7.82. The second-order valence-corrected chi connectivity index (χ2v) is 6.70. The molecule has 1 N–H and O–H groups in total. The maximum Gasteiger partial charge on any atom is 0.243 e. The summed E-state index contributed by atoms with van der Waals surface area (Å²) in [7, 11) is -3.58. The Morgan fingerprint density at radius 2 is 2.11 bits per heavy atom. The zero-order valence-corrected chi connectivity index (χ0v) is 13.0. The average Bonchev–Trinajstić information content (AvgIpc) is 2.34. The van der Waals surface area contributed by atoms with E-state index in [1.165, 1.54) is 25.1 Å². The molecule has 1 aromatic heterocycles. The van der Waals surface area contributed by atoms with E-state index in [9.17, 15) is 8.42 Å². The van der Waals surface area contributed by atoms with Gasteiger partial charge in [0.05, 0.1) is 0 Å². The van der Waals surface area contributed by atoms with E-state index in [0.29, 0.717) is 0 Å². The molecular weight excluding hydrogens is 284 g/mol. The normalized spacial score (nSPS) is 13.4. The molecule has 6 heteroatoms. The van der Waals surface area contributed by atoms with E-state index >= 15 is 0 Å². The Kier molecular flexibility index (Phi) is 6.75. The Morgan fingerprint density at radius 1 is 1.37 bits per heavy atom. The Morgan fingerprint density at radius 3 is 2.74 bits per heavy atom. The summed E-state index contributed by atoms with van der Waals surface area (Å²) in [5, 5.41) is 0.00758. The zero-order valence-electron chi connectivity index (χ0n) is 11.4. The summed E-state index contributed by atoms with van der Waals surface area (Å²) in [5.41, 5.74) is 0. The number of halogens is 1. The van der Waals surface area contributed by atoms with E-state index in [0.717, 1.165) is 19.3 Å². The molecule has 108 valence electrons. The fourth-order valence-electron chi connectivity index (χ4n) is 1.84. The van der Waals surface area contributed by atoms with E-state index in [-0.39, 0.29) is 16.1 Å². The van der Waals surface area contributed by atoms with Gasteiger partial charge in [-0.05, 0) is 25.5 Å². The maximum absolute atomic E-state index is 12.1. The van der Waals surface area contributed by atoms with Crippen LogP contribution in [0.25, 0.3) is 0 Å². The van der Waals surface area contributed by atoms with E-state index in [1.807, 2.05) is 6.92 Å². The van der Waals surface area contributed by atoms with Crippen molar-refractivity contribution in [2.24, 2.45) is 0 Å². The average molecular weight is 305 g/mol. The summed E-state index contributed by atoms with van der Waals surface area (Å²) in [6, 6.07) is 2.92. The summed E-state index contributed by atoms with van der Waals surface area (Å²) in [4.78, 5) is 3.82. The number of pyridine rings is 1. The van der Waals surface area contributed by atoms with Crippen LogP contribution in [0.4, 0.5) is 0 Å². The number of rotatable bonds is 8. The van der Waals surface area contributed by atoms with Crippen LogP contribution < -0.4 is 4.72 Å². The Hall–Kier alpha value is -0.650. The molecule has 0 saturated carbocycles. The van der Waals surface area contributed by atoms with Gasteiger partial charge >= 0.3 is 0 Å². The molecule has 0 saturated heterocycles. The van der Waals surface area contributed by atoms with Gasteiger partial charge in [-0.3, -0.25) is 0 Å². The molecule has 0 aromatic carbocycles. The molecule has 0 amide bonds. The maximum atomic E-state index is 12.1. The third-order valence-corrected chi connectivity index (χ3v) is 4.90. The van der Waals surface area contributed by atoms with Crippen LogP contribution in [0.2, 0.25) is 5.15 Å². The standard InChI is InChI=1S/C13H21ClN2O2S/c1-3-4-5-6-8-11(2)16-19(17,18)12-9-7-10-15-13(12)14/h7,9-11,16H,3-6,8H2,1-2H3. The zero-order chi connectivity index (χ0) is 14.3. The first-order chi connectivity index (χ1) is 8.97. The quantitative estimate of drug-likeness (QED) is 0.591. The van der Waals surface area contributed by atoms with E-state index in [2.05, 4.69) is 16.6 Å². The van der Waals surface area contributed by atoms with E-state index in [4.69, 9.17) is 11.6 Å². The topological polar surface area (TPSA) is 59.1 Å². The van der Waals surface area contributed by atoms with Crippen molar-refractivity contribution in [2.45, 2.75) is 56.9 Å². The summed E-state index contributed by atoms with van der Waals surface area (Å²) in [5.74, 6) is 0. The Bertz CT molecular complexity index is 491. The molecule has 0 aliphatic heterocycles. The van der Waals surface area contributed by atoms with E-state index in [1.54, 1.807) is 6.07 Å². The molecule has 1 atom stereocenters. The molecule has 1 rings (SSSR count). The van der Waals surface area contributed by atoms with Crippen LogP contribution in [-0.2, 0) is 10.0 Å². The van der Waals surface area contributed by atoms with Gasteiger partial charge in [0.15, 0.2) is 0 Å². The van der Waals surface area contributed by atoms with Gasteiger partial charge in [0.2, 0.25) is 10.0 Å². The highest BCUT2D eigenvalue weighted by molar-refractivity contribution is 7.89. The first kappa shape index (κ1) is 16.4. The van der Waals surface area contributed by atoms with Gasteiger partial charge in [0.25, 0.3) is 0 Å². The third-order valence-electron chi connectivity index (χ3n) is 2.86. The molecule has 1 aromatic rings. The van der Waals surface area contributed by atoms with Crippen LogP contribution in [0.3, 0.4) is 0 Å². The van der Waals surface area contributed by atoms with E-state index < -0.39 is 10.0 Å². The molecule has 0 radical (unpaired) electrons. The van der Waals surface area contributed by atoms with Crippen LogP contribution in [0.5, 0.6) is 0 Å². The minimum absolute atomic E-state index is 0.00758. The minimum atomic E-state index is -3.58. The van der Waals surface area contributed by atoms with Crippen molar-refractivity contribution >= 4 is 21.6 Å². The number of unbranched alkanes of at least 4 members (excludes halogenated alkanes) is 3. The van der Waals surface area contributed by atoms with Crippen molar-refractivity contribution in [3.8, 4) is 0 Å². The smallest absolute Gasteiger partial charge is 0.243 e. The monoisotopic (exact) mass is 304 g/mol. The summed E-state index contributed by atoms with van der Waals surface area (Å²) >= 11 is 5.81. The van der Waals surface area contributed by atoms with Crippen LogP contribution in [0.1, 0.15) is 46.0 Å². The number of nitrogens with one attached hydrogen (secondary N) is 1. The van der Waals surface area contributed by atoms with Crippen molar-refractivity contribution in [3.05, 3.63) is 23.5 Å². The van der Waals surface area contributed by atoms with Gasteiger partial charge in [-0.2, -0.15) is 0 Å². The highest BCUT2D eigenvalue weighted by Gasteiger charge is 2.20. The number of hydrogen-bond acceptors (Lipinski definition) is 3. The first-order valence-electron chi connectivity index (χ1n) is 6.60. The molecule has 0 fully saturated rings. The molecule has 0 aliphatic rings. The molecule has 4 nitrogen and oxygen atoms in total. The molecule has 0 bridgehead atoms. The number of nitrogens with zero attached hydrogens (tertiary/aromatic N) is 1. The highest BCUT2D eigenvalue weighted by Crippen LogP contribution is 2.18. The lowest BCUT2D eigenvalue weighted by Crippen LogP contribution is -2.32. The lowest BCUT2D eigenvalue weighted by molar-refractivity contribution is 0.522. The van der Waals surface area contributed by atoms with Crippen LogP contribution in [-0.4, -0.2) is 19.4 Å². The van der Waals surface area contributed by atoms with Gasteiger partial charge in [-0.15, -0.1) is 0 Å². The minimum Gasteiger partial charge on any atom is -0.243 e. The molecular formula is C13H21ClN2O2S. The van der Waals surface area contributed by atoms with Crippen molar-refractivity contribution in [1.29, 1.82) is 0 Å². The first-order valence-corrected chi connectivity index (χ1v) is 8.46.